The molecule has 0 fully saturated rings. The van der Waals surface area contributed by atoms with Crippen molar-refractivity contribution in [3.8, 4) is 11.5 Å². The number of primary amides is 1. The van der Waals surface area contributed by atoms with Gasteiger partial charge in [0, 0.05) is 5.92 Å². The Morgan fingerprint density at radius 3 is 2.42 bits per heavy atom. The molecule has 0 aromatic heterocycles. The molecular formula is C22H22N2O7. The average Bonchev–Trinajstić information content (AvgIpc) is 2.68. The fourth-order valence-corrected chi connectivity index (χ4v) is 5.04. The van der Waals surface area contributed by atoms with Crippen molar-refractivity contribution in [1.82, 2.24) is 4.90 Å². The maximum atomic E-state index is 13.6. The van der Waals surface area contributed by atoms with Gasteiger partial charge in [-0.2, -0.15) is 0 Å². The summed E-state index contributed by atoms with van der Waals surface area (Å²) in [5.41, 5.74) is 2.50. The van der Waals surface area contributed by atoms with Crippen molar-refractivity contribution in [3.05, 3.63) is 46.2 Å². The Balaban J connectivity index is 2.11. The molecule has 2 aliphatic rings. The number of nitrogens with two attached hydrogens (primary N) is 1. The maximum absolute atomic E-state index is 13.6. The molecule has 9 nitrogen and oxygen atoms in total. The molecule has 9 heteroatoms. The highest BCUT2D eigenvalue weighted by Gasteiger charge is 2.62. The molecule has 4 rings (SSSR count). The van der Waals surface area contributed by atoms with Crippen molar-refractivity contribution in [2.24, 2.45) is 11.7 Å². The molecule has 0 saturated heterocycles. The van der Waals surface area contributed by atoms with Gasteiger partial charge < -0.3 is 26.2 Å². The van der Waals surface area contributed by atoms with Crippen LogP contribution in [0.2, 0.25) is 0 Å². The Bertz CT molecular complexity index is 1230. The molecule has 1 amide bonds. The summed E-state index contributed by atoms with van der Waals surface area (Å²) < 4.78 is 0. The fraction of sp³-hybridized carbons (Fsp3) is 0.318. The molecule has 162 valence electrons. The summed E-state index contributed by atoms with van der Waals surface area (Å²) in [6, 6.07) is 3.50. The molecular weight excluding hydrogens is 404 g/mol. The first-order chi connectivity index (χ1) is 14.4. The Kier molecular flexibility index (Phi) is 4.39. The summed E-state index contributed by atoms with van der Waals surface area (Å²) >= 11 is 0. The highest BCUT2D eigenvalue weighted by molar-refractivity contribution is 6.25. The standard InChI is InChI=1S/C22H22N2O7/c1-8-9-5-4-6-12(25)13(9)17(26)14-10(8)7-11-16(24(2)3)18(27)15(21(23)30)20(29)22(11,31)19(14)28/h4-6,11,16,25-26,29,31H,7H2,1-3H3,(H2,23,30)/t11-,16-,22-/m1/s1. The third-order valence-corrected chi connectivity index (χ3v) is 6.51. The summed E-state index contributed by atoms with van der Waals surface area (Å²) in [6.45, 7) is 1.71. The van der Waals surface area contributed by atoms with E-state index in [0.29, 0.717) is 16.5 Å². The quantitative estimate of drug-likeness (QED) is 0.433. The second kappa shape index (κ2) is 6.53. The van der Waals surface area contributed by atoms with Crippen molar-refractivity contribution < 1.29 is 34.8 Å². The van der Waals surface area contributed by atoms with Gasteiger partial charge in [0.15, 0.2) is 11.4 Å². The number of carbonyl (C=O) groups excluding carboxylic acids is 3. The predicted molar refractivity (Wildman–Crippen MR) is 110 cm³/mol. The summed E-state index contributed by atoms with van der Waals surface area (Å²) in [6.07, 6.45) is -0.0484. The van der Waals surface area contributed by atoms with Gasteiger partial charge >= 0.3 is 0 Å². The minimum Gasteiger partial charge on any atom is -0.508 e. The second-order valence-electron chi connectivity index (χ2n) is 8.29. The van der Waals surface area contributed by atoms with Crippen molar-refractivity contribution >= 4 is 28.2 Å². The molecule has 0 bridgehead atoms. The molecule has 0 aliphatic heterocycles. The third kappa shape index (κ3) is 2.47. The number of phenolic OH excluding ortho intramolecular Hbond substituents is 2. The van der Waals surface area contributed by atoms with Crippen molar-refractivity contribution in [2.45, 2.75) is 25.0 Å². The minimum atomic E-state index is -2.65. The Hall–Kier alpha value is -3.43. The van der Waals surface area contributed by atoms with Crippen LogP contribution >= 0.6 is 0 Å². The van der Waals surface area contributed by atoms with Crippen LogP contribution in [0.1, 0.15) is 21.5 Å². The van der Waals surface area contributed by atoms with Crippen LogP contribution in [0.5, 0.6) is 11.5 Å². The first-order valence-electron chi connectivity index (χ1n) is 9.61. The van der Waals surface area contributed by atoms with Crippen molar-refractivity contribution in [2.75, 3.05) is 14.1 Å². The van der Waals surface area contributed by atoms with E-state index in [4.69, 9.17) is 5.73 Å². The number of fused-ring (bicyclic) bond motifs is 3. The van der Waals surface area contributed by atoms with E-state index in [1.54, 1.807) is 33.2 Å². The lowest BCUT2D eigenvalue weighted by atomic mass is 9.61. The van der Waals surface area contributed by atoms with Gasteiger partial charge in [-0.15, -0.1) is 0 Å². The zero-order valence-corrected chi connectivity index (χ0v) is 17.1. The maximum Gasteiger partial charge on any atom is 0.255 e. The summed E-state index contributed by atoms with van der Waals surface area (Å²) in [4.78, 5) is 39.9. The molecule has 2 aromatic carbocycles. The van der Waals surface area contributed by atoms with Gasteiger partial charge in [-0.1, -0.05) is 12.1 Å². The minimum absolute atomic E-state index is 0.0313. The number of aromatic hydroxyl groups is 2. The lowest BCUT2D eigenvalue weighted by molar-refractivity contribution is -0.132. The Morgan fingerprint density at radius 1 is 1.19 bits per heavy atom. The number of aryl methyl sites for hydroxylation is 1. The van der Waals surface area contributed by atoms with E-state index in [0.717, 1.165) is 0 Å². The van der Waals surface area contributed by atoms with E-state index in [1.165, 1.54) is 11.0 Å². The average molecular weight is 426 g/mol. The molecule has 0 radical (unpaired) electrons. The number of Topliss-reactive ketones (excluding diaryl/α,β-unsaturated/α-hetero) is 2. The van der Waals surface area contributed by atoms with Crippen LogP contribution in [-0.4, -0.2) is 68.5 Å². The second-order valence-corrected chi connectivity index (χ2v) is 8.29. The molecule has 0 saturated carbocycles. The van der Waals surface area contributed by atoms with E-state index < -0.39 is 52.1 Å². The summed E-state index contributed by atoms with van der Waals surface area (Å²) in [5.74, 6) is -6.18. The number of rotatable bonds is 2. The van der Waals surface area contributed by atoms with Crippen LogP contribution in [0.4, 0.5) is 0 Å². The van der Waals surface area contributed by atoms with E-state index in [1.807, 2.05) is 0 Å². The zero-order chi connectivity index (χ0) is 23.0. The first kappa shape index (κ1) is 20.8. The van der Waals surface area contributed by atoms with Crippen LogP contribution in [-0.2, 0) is 16.0 Å². The lowest BCUT2D eigenvalue weighted by Crippen LogP contribution is -2.64. The number of ketones is 2. The number of aliphatic hydroxyl groups excluding tert-OH is 1. The van der Waals surface area contributed by atoms with Gasteiger partial charge in [0.05, 0.1) is 17.0 Å². The topological polar surface area (TPSA) is 161 Å². The summed E-state index contributed by atoms with van der Waals surface area (Å²) in [5, 5.41) is 43.9. The molecule has 0 spiro atoms. The van der Waals surface area contributed by atoms with Crippen LogP contribution in [0, 0.1) is 12.8 Å². The number of carbonyl (C=O) groups is 3. The number of amides is 1. The Morgan fingerprint density at radius 2 is 1.84 bits per heavy atom. The lowest BCUT2D eigenvalue weighted by Gasteiger charge is -2.47. The number of nitrogens with zero attached hydrogens (tertiary/aromatic N) is 1. The van der Waals surface area contributed by atoms with Crippen LogP contribution in [0.3, 0.4) is 0 Å². The zero-order valence-electron chi connectivity index (χ0n) is 17.1. The highest BCUT2D eigenvalue weighted by atomic mass is 16.3. The smallest absolute Gasteiger partial charge is 0.255 e. The van der Waals surface area contributed by atoms with Gasteiger partial charge in [-0.25, -0.2) is 0 Å². The fourth-order valence-electron chi connectivity index (χ4n) is 5.04. The number of hydrogen-bond donors (Lipinski definition) is 5. The van der Waals surface area contributed by atoms with Crippen molar-refractivity contribution in [1.29, 1.82) is 0 Å². The van der Waals surface area contributed by atoms with E-state index in [9.17, 15) is 34.8 Å². The largest absolute Gasteiger partial charge is 0.508 e. The summed E-state index contributed by atoms with van der Waals surface area (Å²) in [7, 11) is 3.10. The first-order valence-corrected chi connectivity index (χ1v) is 9.61. The number of likely N-dealkylation sites (N-methyl/N-ethyl adjacent to an activating group) is 1. The number of phenols is 2. The molecule has 2 aromatic rings. The molecule has 31 heavy (non-hydrogen) atoms. The van der Waals surface area contributed by atoms with Gasteiger partial charge in [0.2, 0.25) is 5.78 Å². The molecule has 0 heterocycles. The predicted octanol–water partition coefficient (Wildman–Crippen LogP) is 0.456. The van der Waals surface area contributed by atoms with Gasteiger partial charge in [-0.05, 0) is 50.0 Å². The van der Waals surface area contributed by atoms with Crippen LogP contribution < -0.4 is 5.73 Å². The number of aliphatic hydroxyl groups is 2. The van der Waals surface area contributed by atoms with Crippen LogP contribution in [0.25, 0.3) is 10.8 Å². The van der Waals surface area contributed by atoms with Gasteiger partial charge in [0.1, 0.15) is 22.8 Å². The third-order valence-electron chi connectivity index (χ3n) is 6.51. The van der Waals surface area contributed by atoms with Gasteiger partial charge in [0.25, 0.3) is 5.91 Å². The van der Waals surface area contributed by atoms with Crippen molar-refractivity contribution in [3.63, 3.8) is 0 Å². The van der Waals surface area contributed by atoms with E-state index in [-0.39, 0.29) is 23.1 Å². The highest BCUT2D eigenvalue weighted by Crippen LogP contribution is 2.50. The Labute approximate surface area is 177 Å². The number of benzene rings is 2. The monoisotopic (exact) mass is 426 g/mol. The van der Waals surface area contributed by atoms with E-state index in [2.05, 4.69) is 0 Å². The van der Waals surface area contributed by atoms with E-state index >= 15 is 0 Å². The SMILES string of the molecule is Cc1c2c(c(O)c3c(O)cccc13)C(=O)[C@@]1(O)C(O)=C(C(N)=O)C(=O)[C@H](N(C)C)[C@H]1C2. The number of hydrogen-bond acceptors (Lipinski definition) is 8. The molecule has 0 unspecified atom stereocenters. The molecule has 2 aliphatic carbocycles. The molecule has 3 atom stereocenters. The van der Waals surface area contributed by atoms with Gasteiger partial charge in [-0.3, -0.25) is 19.3 Å². The molecule has 6 N–H and O–H groups in total. The normalized spacial score (nSPS) is 25.7. The van der Waals surface area contributed by atoms with Crippen LogP contribution in [0.15, 0.2) is 29.5 Å².